The normalized spacial score (nSPS) is 24.6. The van der Waals surface area contributed by atoms with Crippen LogP contribution in [0.25, 0.3) is 0 Å². The topological polar surface area (TPSA) is 58.6 Å². The molecule has 2 amide bonds. The quantitative estimate of drug-likeness (QED) is 0.842. The van der Waals surface area contributed by atoms with Gasteiger partial charge < -0.3 is 15.0 Å². The van der Waals surface area contributed by atoms with Crippen molar-refractivity contribution in [1.82, 2.24) is 10.2 Å². The van der Waals surface area contributed by atoms with Crippen molar-refractivity contribution >= 4 is 11.8 Å². The van der Waals surface area contributed by atoms with Crippen molar-refractivity contribution in [2.45, 2.75) is 45.6 Å². The fourth-order valence-electron chi connectivity index (χ4n) is 3.43. The van der Waals surface area contributed by atoms with E-state index in [0.29, 0.717) is 0 Å². The van der Waals surface area contributed by atoms with Crippen LogP contribution in [0, 0.1) is 11.3 Å². The molecule has 0 aromatic heterocycles. The molecule has 2 fully saturated rings. The molecule has 5 heteroatoms. The molecule has 1 heterocycles. The van der Waals surface area contributed by atoms with Gasteiger partial charge in [0, 0.05) is 32.2 Å². The Hall–Kier alpha value is -1.10. The monoisotopic (exact) mass is 282 g/mol. The molecule has 1 N–H and O–H groups in total. The van der Waals surface area contributed by atoms with Crippen LogP contribution >= 0.6 is 0 Å². The van der Waals surface area contributed by atoms with Crippen LogP contribution in [-0.2, 0) is 14.3 Å². The Morgan fingerprint density at radius 2 is 1.95 bits per heavy atom. The van der Waals surface area contributed by atoms with Crippen LogP contribution in [0.1, 0.15) is 39.5 Å². The Balaban J connectivity index is 1.86. The summed E-state index contributed by atoms with van der Waals surface area (Å²) >= 11 is 0. The third-order valence-electron chi connectivity index (χ3n) is 4.85. The summed E-state index contributed by atoms with van der Waals surface area (Å²) in [6, 6.07) is 0.265. The smallest absolute Gasteiger partial charge is 0.246 e. The van der Waals surface area contributed by atoms with Gasteiger partial charge in [-0.25, -0.2) is 0 Å². The van der Waals surface area contributed by atoms with E-state index in [9.17, 15) is 9.59 Å². The molecule has 20 heavy (non-hydrogen) atoms. The molecule has 1 aliphatic carbocycles. The average Bonchev–Trinajstić information content (AvgIpc) is 2.43. The molecule has 2 rings (SSSR count). The molecule has 5 nitrogen and oxygen atoms in total. The first-order valence-corrected chi connectivity index (χ1v) is 7.55. The van der Waals surface area contributed by atoms with Crippen molar-refractivity contribution in [2.75, 3.05) is 26.8 Å². The van der Waals surface area contributed by atoms with E-state index in [1.165, 1.54) is 7.11 Å². The lowest BCUT2D eigenvalue weighted by atomic mass is 9.59. The fourth-order valence-corrected chi connectivity index (χ4v) is 3.43. The number of hydrogen-bond acceptors (Lipinski definition) is 3. The minimum absolute atomic E-state index is 0.0303. The van der Waals surface area contributed by atoms with E-state index in [2.05, 4.69) is 5.32 Å². The first-order chi connectivity index (χ1) is 9.48. The lowest BCUT2D eigenvalue weighted by Crippen LogP contribution is -2.60. The number of amides is 2. The minimum atomic E-state index is -0.0303. The predicted octanol–water partition coefficient (Wildman–Crippen LogP) is 1.18. The molecule has 1 saturated carbocycles. The van der Waals surface area contributed by atoms with Crippen LogP contribution in [-0.4, -0.2) is 49.6 Å². The van der Waals surface area contributed by atoms with E-state index < -0.39 is 0 Å². The Bertz CT molecular complexity index is 373. The summed E-state index contributed by atoms with van der Waals surface area (Å²) in [5.41, 5.74) is 0.219. The second kappa shape index (κ2) is 6.12. The van der Waals surface area contributed by atoms with Crippen LogP contribution in [0.15, 0.2) is 0 Å². The lowest BCUT2D eigenvalue weighted by molar-refractivity contribution is -0.140. The van der Waals surface area contributed by atoms with Crippen LogP contribution in [0.4, 0.5) is 0 Å². The van der Waals surface area contributed by atoms with Gasteiger partial charge in [0.15, 0.2) is 0 Å². The van der Waals surface area contributed by atoms with Gasteiger partial charge in [0.25, 0.3) is 0 Å². The molecule has 1 aliphatic heterocycles. The number of piperidine rings is 1. The fraction of sp³-hybridized carbons (Fsp3) is 0.867. The molecular weight excluding hydrogens is 256 g/mol. The summed E-state index contributed by atoms with van der Waals surface area (Å²) in [5.74, 6) is 0.291. The Kier molecular flexibility index (Phi) is 4.68. The third-order valence-corrected chi connectivity index (χ3v) is 4.85. The van der Waals surface area contributed by atoms with Gasteiger partial charge in [0.1, 0.15) is 6.61 Å². The Labute approximate surface area is 121 Å². The molecule has 0 aromatic carbocycles. The van der Waals surface area contributed by atoms with Gasteiger partial charge in [-0.05, 0) is 31.1 Å². The van der Waals surface area contributed by atoms with Gasteiger partial charge in [-0.1, -0.05) is 13.8 Å². The molecule has 2 aliphatic rings. The maximum Gasteiger partial charge on any atom is 0.246 e. The highest BCUT2D eigenvalue weighted by Crippen LogP contribution is 2.49. The van der Waals surface area contributed by atoms with E-state index in [-0.39, 0.29) is 35.8 Å². The molecule has 1 atom stereocenters. The van der Waals surface area contributed by atoms with Crippen molar-refractivity contribution in [3.05, 3.63) is 0 Å². The second-order valence-corrected chi connectivity index (χ2v) is 6.43. The lowest BCUT2D eigenvalue weighted by Gasteiger charge is -2.54. The molecular formula is C15H26N2O3. The van der Waals surface area contributed by atoms with Crippen molar-refractivity contribution in [3.63, 3.8) is 0 Å². The van der Waals surface area contributed by atoms with Gasteiger partial charge in [-0.2, -0.15) is 0 Å². The molecule has 1 spiro atoms. The van der Waals surface area contributed by atoms with E-state index in [4.69, 9.17) is 4.74 Å². The van der Waals surface area contributed by atoms with Crippen molar-refractivity contribution in [3.8, 4) is 0 Å². The number of rotatable bonds is 4. The average molecular weight is 282 g/mol. The number of ether oxygens (including phenoxy) is 1. The highest BCUT2D eigenvalue weighted by atomic mass is 16.5. The SMILES string of the molecule is COCC(=O)NC1CCC12CCN(C(=O)C(C)C)CC2. The van der Waals surface area contributed by atoms with E-state index in [1.807, 2.05) is 18.7 Å². The van der Waals surface area contributed by atoms with Gasteiger partial charge in [-0.15, -0.1) is 0 Å². The molecule has 0 bridgehead atoms. The molecule has 0 aromatic rings. The molecule has 1 saturated heterocycles. The molecule has 114 valence electrons. The third kappa shape index (κ3) is 2.97. The van der Waals surface area contributed by atoms with E-state index in [1.54, 1.807) is 0 Å². The summed E-state index contributed by atoms with van der Waals surface area (Å²) in [4.78, 5) is 25.6. The Morgan fingerprint density at radius 3 is 2.40 bits per heavy atom. The number of carbonyl (C=O) groups is 2. The van der Waals surface area contributed by atoms with Crippen LogP contribution in [0.2, 0.25) is 0 Å². The second-order valence-electron chi connectivity index (χ2n) is 6.43. The largest absolute Gasteiger partial charge is 0.375 e. The van der Waals surface area contributed by atoms with E-state index in [0.717, 1.165) is 38.8 Å². The Morgan fingerprint density at radius 1 is 1.30 bits per heavy atom. The minimum Gasteiger partial charge on any atom is -0.375 e. The summed E-state index contributed by atoms with van der Waals surface area (Å²) in [5, 5.41) is 3.08. The zero-order chi connectivity index (χ0) is 14.8. The highest BCUT2D eigenvalue weighted by molar-refractivity contribution is 5.78. The first-order valence-electron chi connectivity index (χ1n) is 7.55. The van der Waals surface area contributed by atoms with Crippen molar-refractivity contribution in [2.24, 2.45) is 11.3 Å². The maximum absolute atomic E-state index is 12.0. The summed E-state index contributed by atoms with van der Waals surface area (Å²) < 4.78 is 4.86. The number of carbonyl (C=O) groups excluding carboxylic acids is 2. The zero-order valence-corrected chi connectivity index (χ0v) is 12.8. The standard InChI is InChI=1S/C15H26N2O3/c1-11(2)14(19)17-8-6-15(7-9-17)5-4-12(15)16-13(18)10-20-3/h11-12H,4-10H2,1-3H3,(H,16,18). The van der Waals surface area contributed by atoms with Gasteiger partial charge in [-0.3, -0.25) is 9.59 Å². The van der Waals surface area contributed by atoms with Crippen molar-refractivity contribution in [1.29, 1.82) is 0 Å². The number of likely N-dealkylation sites (tertiary alicyclic amines) is 1. The van der Waals surface area contributed by atoms with Gasteiger partial charge >= 0.3 is 0 Å². The first kappa shape index (κ1) is 15.3. The van der Waals surface area contributed by atoms with Gasteiger partial charge in [0.05, 0.1) is 0 Å². The number of nitrogens with zero attached hydrogens (tertiary/aromatic N) is 1. The maximum atomic E-state index is 12.0. The number of hydrogen-bond donors (Lipinski definition) is 1. The van der Waals surface area contributed by atoms with Crippen molar-refractivity contribution < 1.29 is 14.3 Å². The summed E-state index contributed by atoms with van der Waals surface area (Å²) in [7, 11) is 1.53. The zero-order valence-electron chi connectivity index (χ0n) is 12.8. The molecule has 0 radical (unpaired) electrons. The van der Waals surface area contributed by atoms with E-state index >= 15 is 0 Å². The summed E-state index contributed by atoms with van der Waals surface area (Å²) in [6.07, 6.45) is 4.22. The van der Waals surface area contributed by atoms with Crippen LogP contribution in [0.5, 0.6) is 0 Å². The van der Waals surface area contributed by atoms with Crippen LogP contribution in [0.3, 0.4) is 0 Å². The van der Waals surface area contributed by atoms with Crippen LogP contribution < -0.4 is 5.32 Å². The predicted molar refractivity (Wildman–Crippen MR) is 76.1 cm³/mol. The highest BCUT2D eigenvalue weighted by Gasteiger charge is 2.49. The van der Waals surface area contributed by atoms with Gasteiger partial charge in [0.2, 0.25) is 11.8 Å². The summed E-state index contributed by atoms with van der Waals surface area (Å²) in [6.45, 7) is 5.68. The molecule has 1 unspecified atom stereocenters. The number of methoxy groups -OCH3 is 1. The number of nitrogens with one attached hydrogen (secondary N) is 1.